The Morgan fingerprint density at radius 1 is 1.19 bits per heavy atom. The zero-order valence-electron chi connectivity index (χ0n) is 16.7. The van der Waals surface area contributed by atoms with Gasteiger partial charge in [-0.05, 0) is 69.7 Å². The van der Waals surface area contributed by atoms with Crippen LogP contribution in [-0.4, -0.2) is 48.9 Å². The Morgan fingerprint density at radius 2 is 1.89 bits per heavy atom. The van der Waals surface area contributed by atoms with Crippen LogP contribution in [0.25, 0.3) is 0 Å². The van der Waals surface area contributed by atoms with Gasteiger partial charge in [0.05, 0.1) is 0 Å². The Balaban J connectivity index is 1.41. The molecule has 0 bridgehead atoms. The summed E-state index contributed by atoms with van der Waals surface area (Å²) in [7, 11) is 0. The van der Waals surface area contributed by atoms with E-state index in [4.69, 9.17) is 0 Å². The second kappa shape index (κ2) is 9.36. The van der Waals surface area contributed by atoms with E-state index in [0.717, 1.165) is 37.1 Å². The molecule has 2 aliphatic rings. The summed E-state index contributed by atoms with van der Waals surface area (Å²) in [4.78, 5) is 26.9. The van der Waals surface area contributed by atoms with Crippen LogP contribution in [0.15, 0.2) is 24.3 Å². The standard InChI is InChI=1S/C22H33N3O2/c1-16-5-7-18(8-6-16)22(27)25-12-9-20(10-13-25)24-21(26)14-17(2)19-4-3-11-23-15-19/h5-8,17,19-20,23H,3-4,9-15H2,1-2H3,(H,24,26). The van der Waals surface area contributed by atoms with E-state index < -0.39 is 0 Å². The molecule has 2 N–H and O–H groups in total. The molecule has 1 aromatic carbocycles. The van der Waals surface area contributed by atoms with Crippen molar-refractivity contribution >= 4 is 11.8 Å². The minimum absolute atomic E-state index is 0.0956. The number of carbonyl (C=O) groups is 2. The number of nitrogens with zero attached hydrogens (tertiary/aromatic N) is 1. The lowest BCUT2D eigenvalue weighted by Crippen LogP contribution is -2.47. The molecule has 0 saturated carbocycles. The lowest BCUT2D eigenvalue weighted by atomic mass is 9.85. The first-order valence-electron chi connectivity index (χ1n) is 10.4. The fourth-order valence-corrected chi connectivity index (χ4v) is 4.22. The van der Waals surface area contributed by atoms with Crippen molar-refractivity contribution in [2.24, 2.45) is 11.8 Å². The average Bonchev–Trinajstić information content (AvgIpc) is 2.69. The molecule has 0 spiro atoms. The van der Waals surface area contributed by atoms with Gasteiger partial charge in [-0.15, -0.1) is 0 Å². The highest BCUT2D eigenvalue weighted by Gasteiger charge is 2.26. The lowest BCUT2D eigenvalue weighted by Gasteiger charge is -2.33. The van der Waals surface area contributed by atoms with Crippen molar-refractivity contribution in [1.29, 1.82) is 0 Å². The molecule has 2 amide bonds. The summed E-state index contributed by atoms with van der Waals surface area (Å²) < 4.78 is 0. The molecule has 2 atom stereocenters. The molecule has 2 fully saturated rings. The van der Waals surface area contributed by atoms with Crippen LogP contribution < -0.4 is 10.6 Å². The average molecular weight is 372 g/mol. The molecule has 0 aromatic heterocycles. The number of carbonyl (C=O) groups excluding carboxylic acids is 2. The monoisotopic (exact) mass is 371 g/mol. The summed E-state index contributed by atoms with van der Waals surface area (Å²) in [6, 6.07) is 7.93. The summed E-state index contributed by atoms with van der Waals surface area (Å²) in [6.07, 6.45) is 4.71. The highest BCUT2D eigenvalue weighted by Crippen LogP contribution is 2.23. The largest absolute Gasteiger partial charge is 0.353 e. The highest BCUT2D eigenvalue weighted by atomic mass is 16.2. The SMILES string of the molecule is Cc1ccc(C(=O)N2CCC(NC(=O)CC(C)C3CCCNC3)CC2)cc1. The quantitative estimate of drug-likeness (QED) is 0.837. The molecule has 2 heterocycles. The van der Waals surface area contributed by atoms with E-state index in [1.165, 1.54) is 12.8 Å². The van der Waals surface area contributed by atoms with Gasteiger partial charge in [0, 0.05) is 31.1 Å². The predicted octanol–water partition coefficient (Wildman–Crippen LogP) is 2.74. The molecule has 0 radical (unpaired) electrons. The van der Waals surface area contributed by atoms with Gasteiger partial charge in [-0.2, -0.15) is 0 Å². The van der Waals surface area contributed by atoms with Gasteiger partial charge in [0.1, 0.15) is 0 Å². The molecule has 2 unspecified atom stereocenters. The maximum Gasteiger partial charge on any atom is 0.253 e. The maximum absolute atomic E-state index is 12.6. The van der Waals surface area contributed by atoms with Crippen molar-refractivity contribution in [2.45, 2.75) is 52.0 Å². The van der Waals surface area contributed by atoms with E-state index in [1.54, 1.807) is 0 Å². The topological polar surface area (TPSA) is 61.4 Å². The van der Waals surface area contributed by atoms with Gasteiger partial charge < -0.3 is 15.5 Å². The van der Waals surface area contributed by atoms with E-state index in [0.29, 0.717) is 31.3 Å². The zero-order valence-corrected chi connectivity index (χ0v) is 16.7. The minimum Gasteiger partial charge on any atom is -0.353 e. The predicted molar refractivity (Wildman–Crippen MR) is 108 cm³/mol. The van der Waals surface area contributed by atoms with Crippen LogP contribution in [0.5, 0.6) is 0 Å². The van der Waals surface area contributed by atoms with Crippen LogP contribution in [-0.2, 0) is 4.79 Å². The summed E-state index contributed by atoms with van der Waals surface area (Å²) in [5.74, 6) is 1.29. The van der Waals surface area contributed by atoms with E-state index in [9.17, 15) is 9.59 Å². The van der Waals surface area contributed by atoms with E-state index in [1.807, 2.05) is 36.1 Å². The third-order valence-electron chi connectivity index (χ3n) is 6.09. The number of rotatable bonds is 5. The Morgan fingerprint density at radius 3 is 2.52 bits per heavy atom. The number of likely N-dealkylation sites (tertiary alicyclic amines) is 1. The summed E-state index contributed by atoms with van der Waals surface area (Å²) in [5, 5.41) is 6.63. The zero-order chi connectivity index (χ0) is 19.2. The van der Waals surface area contributed by atoms with Crippen molar-refractivity contribution in [2.75, 3.05) is 26.2 Å². The first-order chi connectivity index (χ1) is 13.0. The fourth-order valence-electron chi connectivity index (χ4n) is 4.22. The van der Waals surface area contributed by atoms with Crippen LogP contribution in [0.4, 0.5) is 0 Å². The summed E-state index contributed by atoms with van der Waals surface area (Å²) >= 11 is 0. The fraction of sp³-hybridized carbons (Fsp3) is 0.636. The van der Waals surface area contributed by atoms with E-state index in [-0.39, 0.29) is 17.9 Å². The second-order valence-corrected chi connectivity index (χ2v) is 8.29. The van der Waals surface area contributed by atoms with Gasteiger partial charge in [0.25, 0.3) is 5.91 Å². The molecule has 2 saturated heterocycles. The van der Waals surface area contributed by atoms with Crippen LogP contribution in [0.2, 0.25) is 0 Å². The van der Waals surface area contributed by atoms with Crippen molar-refractivity contribution in [3.05, 3.63) is 35.4 Å². The lowest BCUT2D eigenvalue weighted by molar-refractivity contribution is -0.123. The molecular weight excluding hydrogens is 338 g/mol. The van der Waals surface area contributed by atoms with Gasteiger partial charge in [-0.3, -0.25) is 9.59 Å². The first kappa shape index (κ1) is 19.9. The molecule has 1 aromatic rings. The highest BCUT2D eigenvalue weighted by molar-refractivity contribution is 5.94. The molecule has 148 valence electrons. The molecule has 5 heteroatoms. The first-order valence-corrected chi connectivity index (χ1v) is 10.4. The molecule has 3 rings (SSSR count). The van der Waals surface area contributed by atoms with Crippen LogP contribution in [0, 0.1) is 18.8 Å². The number of benzene rings is 1. The van der Waals surface area contributed by atoms with Crippen molar-refractivity contribution < 1.29 is 9.59 Å². The van der Waals surface area contributed by atoms with Gasteiger partial charge in [-0.25, -0.2) is 0 Å². The summed E-state index contributed by atoms with van der Waals surface area (Å²) in [6.45, 7) is 7.77. The second-order valence-electron chi connectivity index (χ2n) is 8.29. The number of piperidine rings is 2. The van der Waals surface area contributed by atoms with Crippen LogP contribution >= 0.6 is 0 Å². The normalized spacial score (nSPS) is 22.3. The summed E-state index contributed by atoms with van der Waals surface area (Å²) in [5.41, 5.74) is 1.91. The third kappa shape index (κ3) is 5.55. The van der Waals surface area contributed by atoms with Crippen molar-refractivity contribution in [3.63, 3.8) is 0 Å². The Hall–Kier alpha value is -1.88. The number of hydrogen-bond donors (Lipinski definition) is 2. The third-order valence-corrected chi connectivity index (χ3v) is 6.09. The molecule has 2 aliphatic heterocycles. The Kier molecular flexibility index (Phi) is 6.89. The van der Waals surface area contributed by atoms with Gasteiger partial charge in [0.2, 0.25) is 5.91 Å². The Labute approximate surface area is 162 Å². The van der Waals surface area contributed by atoms with Gasteiger partial charge in [0.15, 0.2) is 0 Å². The number of aryl methyl sites for hydroxylation is 1. The van der Waals surface area contributed by atoms with E-state index >= 15 is 0 Å². The number of nitrogens with one attached hydrogen (secondary N) is 2. The van der Waals surface area contributed by atoms with Gasteiger partial charge >= 0.3 is 0 Å². The van der Waals surface area contributed by atoms with Gasteiger partial charge in [-0.1, -0.05) is 24.6 Å². The molecular formula is C22H33N3O2. The minimum atomic E-state index is 0.0956. The van der Waals surface area contributed by atoms with Crippen molar-refractivity contribution in [1.82, 2.24) is 15.5 Å². The number of hydrogen-bond acceptors (Lipinski definition) is 3. The number of amides is 2. The van der Waals surface area contributed by atoms with Crippen LogP contribution in [0.3, 0.4) is 0 Å². The maximum atomic E-state index is 12.6. The molecule has 5 nitrogen and oxygen atoms in total. The van der Waals surface area contributed by atoms with Crippen LogP contribution in [0.1, 0.15) is 54.9 Å². The molecule has 0 aliphatic carbocycles. The smallest absolute Gasteiger partial charge is 0.253 e. The molecule has 27 heavy (non-hydrogen) atoms. The Bertz CT molecular complexity index is 629. The van der Waals surface area contributed by atoms with Crippen molar-refractivity contribution in [3.8, 4) is 0 Å². The van der Waals surface area contributed by atoms with E-state index in [2.05, 4.69) is 17.6 Å².